The number of ether oxygens (including phenoxy) is 1. The first-order valence-electron chi connectivity index (χ1n) is 7.42. The molecule has 0 radical (unpaired) electrons. The van der Waals surface area contributed by atoms with Gasteiger partial charge in [-0.25, -0.2) is 0 Å². The maximum Gasteiger partial charge on any atom is 0.170 e. The van der Waals surface area contributed by atoms with Crippen LogP contribution in [0.3, 0.4) is 0 Å². The Hall–Kier alpha value is -2.09. The molecule has 2 nitrogen and oxygen atoms in total. The van der Waals surface area contributed by atoms with Gasteiger partial charge < -0.3 is 4.74 Å². The highest BCUT2D eigenvalue weighted by Gasteiger charge is 2.35. The lowest BCUT2D eigenvalue weighted by Crippen LogP contribution is -2.37. The maximum absolute atomic E-state index is 5.94. The summed E-state index contributed by atoms with van der Waals surface area (Å²) in [5.74, 6) is 0. The quantitative estimate of drug-likeness (QED) is 0.832. The Morgan fingerprint density at radius 2 is 1.52 bits per heavy atom. The van der Waals surface area contributed by atoms with Crippen molar-refractivity contribution in [3.8, 4) is 0 Å². The number of rotatable bonds is 4. The van der Waals surface area contributed by atoms with Gasteiger partial charge in [-0.1, -0.05) is 59.7 Å². The zero-order valence-corrected chi connectivity index (χ0v) is 12.7. The van der Waals surface area contributed by atoms with Gasteiger partial charge in [0, 0.05) is 12.8 Å². The summed E-state index contributed by atoms with van der Waals surface area (Å²) in [6.07, 6.45) is 3.40. The van der Waals surface area contributed by atoms with Gasteiger partial charge in [-0.15, -0.1) is 0 Å². The van der Waals surface area contributed by atoms with Crippen molar-refractivity contribution in [2.24, 2.45) is 4.99 Å². The van der Waals surface area contributed by atoms with E-state index in [4.69, 9.17) is 4.74 Å². The topological polar surface area (TPSA) is 21.6 Å². The van der Waals surface area contributed by atoms with Crippen LogP contribution in [0.25, 0.3) is 0 Å². The molecule has 0 fully saturated rings. The molecule has 0 spiro atoms. The van der Waals surface area contributed by atoms with E-state index in [1.165, 1.54) is 22.3 Å². The molecule has 108 valence electrons. The molecule has 0 aromatic heterocycles. The minimum atomic E-state index is -0.235. The molecule has 1 aliphatic rings. The number of aliphatic imine (C=N–C) groups is 1. The van der Waals surface area contributed by atoms with Crippen LogP contribution in [0.15, 0.2) is 53.5 Å². The molecule has 0 aliphatic carbocycles. The molecule has 3 rings (SSSR count). The third kappa shape index (κ3) is 3.33. The number of hydrogen-bond acceptors (Lipinski definition) is 2. The van der Waals surface area contributed by atoms with Gasteiger partial charge >= 0.3 is 0 Å². The fourth-order valence-corrected chi connectivity index (χ4v) is 3.04. The van der Waals surface area contributed by atoms with Gasteiger partial charge in [0.2, 0.25) is 0 Å². The molecular weight excluding hydrogens is 258 g/mol. The smallest absolute Gasteiger partial charge is 0.170 e. The van der Waals surface area contributed by atoms with Gasteiger partial charge in [0.25, 0.3) is 0 Å². The van der Waals surface area contributed by atoms with E-state index in [9.17, 15) is 0 Å². The van der Waals surface area contributed by atoms with Crippen LogP contribution in [0.1, 0.15) is 22.3 Å². The van der Waals surface area contributed by atoms with Gasteiger partial charge in [-0.2, -0.15) is 0 Å². The lowest BCUT2D eigenvalue weighted by Gasteiger charge is -2.28. The van der Waals surface area contributed by atoms with Gasteiger partial charge in [-0.05, 0) is 25.0 Å². The summed E-state index contributed by atoms with van der Waals surface area (Å²) in [5.41, 5.74) is 4.97. The fourth-order valence-electron chi connectivity index (χ4n) is 3.04. The van der Waals surface area contributed by atoms with E-state index < -0.39 is 0 Å². The second kappa shape index (κ2) is 5.72. The van der Waals surface area contributed by atoms with Gasteiger partial charge in [0.05, 0.1) is 6.54 Å². The van der Waals surface area contributed by atoms with Crippen LogP contribution in [0.5, 0.6) is 0 Å². The highest BCUT2D eigenvalue weighted by atomic mass is 16.5. The first-order valence-corrected chi connectivity index (χ1v) is 7.42. The minimum absolute atomic E-state index is 0.235. The molecule has 0 saturated heterocycles. The van der Waals surface area contributed by atoms with E-state index in [1.54, 1.807) is 6.40 Å². The van der Waals surface area contributed by atoms with Crippen LogP contribution in [-0.4, -0.2) is 18.5 Å². The zero-order chi connectivity index (χ0) is 14.7. The normalized spacial score (nSPS) is 15.9. The fraction of sp³-hybridized carbons (Fsp3) is 0.316. The monoisotopic (exact) mass is 279 g/mol. The summed E-state index contributed by atoms with van der Waals surface area (Å²) in [7, 11) is 0. The molecule has 21 heavy (non-hydrogen) atoms. The van der Waals surface area contributed by atoms with Crippen LogP contribution in [0.2, 0.25) is 0 Å². The van der Waals surface area contributed by atoms with E-state index in [0.29, 0.717) is 0 Å². The van der Waals surface area contributed by atoms with Crippen LogP contribution in [0, 0.1) is 13.8 Å². The molecule has 0 saturated carbocycles. The third-order valence-electron chi connectivity index (χ3n) is 3.97. The average molecular weight is 279 g/mol. The van der Waals surface area contributed by atoms with Crippen molar-refractivity contribution >= 4 is 6.40 Å². The van der Waals surface area contributed by atoms with Crippen molar-refractivity contribution in [2.45, 2.75) is 32.3 Å². The molecule has 0 atom stereocenters. The summed E-state index contributed by atoms with van der Waals surface area (Å²) in [5, 5.41) is 0. The number of nitrogens with zero attached hydrogens (tertiary/aromatic N) is 1. The van der Waals surface area contributed by atoms with Crippen LogP contribution >= 0.6 is 0 Å². The second-order valence-corrected chi connectivity index (χ2v) is 6.08. The Labute approximate surface area is 126 Å². The lowest BCUT2D eigenvalue weighted by atomic mass is 9.87. The van der Waals surface area contributed by atoms with E-state index in [-0.39, 0.29) is 5.60 Å². The SMILES string of the molecule is Cc1cccc(CC2(Cc3cccc(C)c3)CN=CO2)c1. The van der Waals surface area contributed by atoms with Crippen LogP contribution < -0.4 is 0 Å². The molecule has 0 unspecified atom stereocenters. The number of hydrogen-bond donors (Lipinski definition) is 0. The highest BCUT2D eigenvalue weighted by Crippen LogP contribution is 2.27. The van der Waals surface area contributed by atoms with Crippen LogP contribution in [-0.2, 0) is 17.6 Å². The largest absolute Gasteiger partial charge is 0.475 e. The maximum atomic E-state index is 5.94. The van der Waals surface area contributed by atoms with Crippen LogP contribution in [0.4, 0.5) is 0 Å². The lowest BCUT2D eigenvalue weighted by molar-refractivity contribution is 0.0948. The molecular formula is C19H21NO. The number of aryl methyl sites for hydroxylation is 2. The van der Waals surface area contributed by atoms with E-state index in [0.717, 1.165) is 19.4 Å². The molecule has 0 N–H and O–H groups in total. The second-order valence-electron chi connectivity index (χ2n) is 6.08. The Morgan fingerprint density at radius 1 is 0.952 bits per heavy atom. The summed E-state index contributed by atoms with van der Waals surface area (Å²) in [6, 6.07) is 17.3. The summed E-state index contributed by atoms with van der Waals surface area (Å²) >= 11 is 0. The Balaban J connectivity index is 1.83. The van der Waals surface area contributed by atoms with E-state index >= 15 is 0 Å². The third-order valence-corrected chi connectivity index (χ3v) is 3.97. The molecule has 2 aromatic carbocycles. The highest BCUT2D eigenvalue weighted by molar-refractivity contribution is 5.51. The standard InChI is InChI=1S/C19H21NO/c1-15-5-3-7-17(9-15)11-19(13-20-14-21-19)12-18-8-4-6-16(2)10-18/h3-10,14H,11-13H2,1-2H3. The first-order chi connectivity index (χ1) is 10.2. The van der Waals surface area contributed by atoms with Gasteiger partial charge in [0.1, 0.15) is 5.60 Å². The van der Waals surface area contributed by atoms with E-state index in [1.807, 2.05) is 0 Å². The summed E-state index contributed by atoms with van der Waals surface area (Å²) < 4.78 is 5.94. The van der Waals surface area contributed by atoms with Crippen molar-refractivity contribution in [1.82, 2.24) is 0 Å². The Bertz CT molecular complexity index is 603. The van der Waals surface area contributed by atoms with Gasteiger partial charge in [0.15, 0.2) is 6.40 Å². The molecule has 1 aliphatic heterocycles. The Kier molecular flexibility index (Phi) is 3.78. The minimum Gasteiger partial charge on any atom is -0.475 e. The average Bonchev–Trinajstić information content (AvgIpc) is 2.87. The first kappa shape index (κ1) is 13.9. The molecule has 2 aromatic rings. The molecule has 2 heteroatoms. The zero-order valence-electron chi connectivity index (χ0n) is 12.7. The summed E-state index contributed by atoms with van der Waals surface area (Å²) in [6.45, 7) is 4.99. The molecule has 0 bridgehead atoms. The van der Waals surface area contributed by atoms with Crippen molar-refractivity contribution in [3.63, 3.8) is 0 Å². The van der Waals surface area contributed by atoms with Gasteiger partial charge in [-0.3, -0.25) is 4.99 Å². The van der Waals surface area contributed by atoms with Crippen molar-refractivity contribution < 1.29 is 4.74 Å². The van der Waals surface area contributed by atoms with Crippen molar-refractivity contribution in [2.75, 3.05) is 6.54 Å². The predicted molar refractivity (Wildman–Crippen MR) is 86.9 cm³/mol. The molecule has 1 heterocycles. The Morgan fingerprint density at radius 3 is 1.95 bits per heavy atom. The van der Waals surface area contributed by atoms with Crippen molar-refractivity contribution in [1.29, 1.82) is 0 Å². The van der Waals surface area contributed by atoms with E-state index in [2.05, 4.69) is 67.4 Å². The van der Waals surface area contributed by atoms with Crippen molar-refractivity contribution in [3.05, 3.63) is 70.8 Å². The summed E-state index contributed by atoms with van der Waals surface area (Å²) in [4.78, 5) is 4.33. The molecule has 0 amide bonds. The predicted octanol–water partition coefficient (Wildman–Crippen LogP) is 3.89. The number of benzene rings is 2.